The fraction of sp³-hybridized carbons (Fsp3) is 0.462. The lowest BCUT2D eigenvalue weighted by Crippen LogP contribution is -2.14. The molecule has 0 atom stereocenters. The Morgan fingerprint density at radius 2 is 1.94 bits per heavy atom. The van der Waals surface area contributed by atoms with Gasteiger partial charge in [0.1, 0.15) is 17.4 Å². The van der Waals surface area contributed by atoms with Crippen molar-refractivity contribution < 1.29 is 13.6 Å². The van der Waals surface area contributed by atoms with Gasteiger partial charge in [-0.2, -0.15) is 0 Å². The summed E-state index contributed by atoms with van der Waals surface area (Å²) >= 11 is 1.52. The number of hydrogen-bond acceptors (Lipinski definition) is 2. The molecule has 0 fully saturated rings. The lowest BCUT2D eigenvalue weighted by molar-refractivity contribution is -0.116. The zero-order valence-electron chi connectivity index (χ0n) is 10.2. The Morgan fingerprint density at radius 3 is 2.47 bits per heavy atom. The van der Waals surface area contributed by atoms with Gasteiger partial charge in [-0.15, -0.1) is 11.8 Å². The molecule has 0 aliphatic carbocycles. The minimum atomic E-state index is -0.654. The largest absolute Gasteiger partial charge is 0.298 e. The van der Waals surface area contributed by atoms with Crippen LogP contribution in [0.3, 0.4) is 0 Å². The number of carbonyl (C=O) groups excluding carboxylic acids is 1. The van der Waals surface area contributed by atoms with Gasteiger partial charge in [0.2, 0.25) is 0 Å². The number of hydrogen-bond donors (Lipinski definition) is 0. The van der Waals surface area contributed by atoms with Crippen LogP contribution >= 0.6 is 11.8 Å². The molecule has 0 unspecified atom stereocenters. The maximum Gasteiger partial charge on any atom is 0.147 e. The Balaban J connectivity index is 2.57. The van der Waals surface area contributed by atoms with E-state index in [1.165, 1.54) is 23.9 Å². The summed E-state index contributed by atoms with van der Waals surface area (Å²) in [7, 11) is 0. The Bertz CT molecular complexity index is 410. The Kier molecular flexibility index (Phi) is 4.69. The van der Waals surface area contributed by atoms with Crippen LogP contribution in [0.4, 0.5) is 8.78 Å². The zero-order valence-corrected chi connectivity index (χ0v) is 11.0. The lowest BCUT2D eigenvalue weighted by atomic mass is 10.1. The molecule has 17 heavy (non-hydrogen) atoms. The highest BCUT2D eigenvalue weighted by Crippen LogP contribution is 2.23. The van der Waals surface area contributed by atoms with Crippen molar-refractivity contribution in [1.82, 2.24) is 0 Å². The maximum absolute atomic E-state index is 13.3. The van der Waals surface area contributed by atoms with Gasteiger partial charge >= 0.3 is 0 Å². The van der Waals surface area contributed by atoms with Crippen molar-refractivity contribution >= 4 is 17.5 Å². The van der Waals surface area contributed by atoms with Gasteiger partial charge in [0, 0.05) is 17.2 Å². The third kappa shape index (κ3) is 5.31. The fourth-order valence-corrected chi connectivity index (χ4v) is 1.92. The summed E-state index contributed by atoms with van der Waals surface area (Å²) < 4.78 is 26.0. The second kappa shape index (κ2) is 5.63. The summed E-state index contributed by atoms with van der Waals surface area (Å²) in [6.07, 6.45) is 0.0230. The van der Waals surface area contributed by atoms with Crippen molar-refractivity contribution in [2.75, 3.05) is 5.75 Å². The standard InChI is InChI=1S/C13H16F2OS/c1-13(2,3)17-8-11(16)6-9-4-5-10(14)7-12(9)15/h4-5,7H,6,8H2,1-3H3. The van der Waals surface area contributed by atoms with E-state index in [0.717, 1.165) is 6.07 Å². The highest BCUT2D eigenvalue weighted by atomic mass is 32.2. The van der Waals surface area contributed by atoms with Gasteiger partial charge in [0.15, 0.2) is 0 Å². The molecule has 0 bridgehead atoms. The Morgan fingerprint density at radius 1 is 1.29 bits per heavy atom. The molecular formula is C13H16F2OS. The van der Waals surface area contributed by atoms with Crippen LogP contribution in [0.5, 0.6) is 0 Å². The number of carbonyl (C=O) groups is 1. The zero-order chi connectivity index (χ0) is 13.1. The Labute approximate surface area is 105 Å². The van der Waals surface area contributed by atoms with Gasteiger partial charge in [-0.1, -0.05) is 26.8 Å². The number of rotatable bonds is 4. The van der Waals surface area contributed by atoms with Crippen molar-refractivity contribution in [3.05, 3.63) is 35.4 Å². The van der Waals surface area contributed by atoms with E-state index >= 15 is 0 Å². The Hall–Kier alpha value is -0.900. The van der Waals surface area contributed by atoms with Crippen LogP contribution in [-0.2, 0) is 11.2 Å². The number of Topliss-reactive ketones (excluding diaryl/α,β-unsaturated/α-hetero) is 1. The van der Waals surface area contributed by atoms with E-state index in [2.05, 4.69) is 0 Å². The molecule has 0 aliphatic rings. The molecule has 0 aliphatic heterocycles. The minimum Gasteiger partial charge on any atom is -0.298 e. The number of thioether (sulfide) groups is 1. The van der Waals surface area contributed by atoms with Crippen molar-refractivity contribution in [3.63, 3.8) is 0 Å². The first kappa shape index (κ1) is 14.2. The molecule has 0 radical (unpaired) electrons. The van der Waals surface area contributed by atoms with Crippen LogP contribution in [0.25, 0.3) is 0 Å². The van der Waals surface area contributed by atoms with Crippen LogP contribution in [0, 0.1) is 11.6 Å². The monoisotopic (exact) mass is 258 g/mol. The van der Waals surface area contributed by atoms with Gasteiger partial charge < -0.3 is 0 Å². The van der Waals surface area contributed by atoms with Gasteiger partial charge in [-0.25, -0.2) is 8.78 Å². The second-order valence-electron chi connectivity index (χ2n) is 4.85. The topological polar surface area (TPSA) is 17.1 Å². The third-order valence-electron chi connectivity index (χ3n) is 2.07. The molecule has 0 aromatic heterocycles. The van der Waals surface area contributed by atoms with Gasteiger partial charge in [-0.3, -0.25) is 4.79 Å². The van der Waals surface area contributed by atoms with Crippen LogP contribution < -0.4 is 0 Å². The fourth-order valence-electron chi connectivity index (χ4n) is 1.23. The summed E-state index contributed by atoms with van der Waals surface area (Å²) in [6.45, 7) is 6.05. The van der Waals surface area contributed by atoms with Crippen molar-refractivity contribution in [3.8, 4) is 0 Å². The molecule has 1 aromatic carbocycles. The average molecular weight is 258 g/mol. The normalized spacial score (nSPS) is 11.6. The molecule has 1 nitrogen and oxygen atoms in total. The minimum absolute atomic E-state index is 0.0109. The smallest absolute Gasteiger partial charge is 0.147 e. The highest BCUT2D eigenvalue weighted by Gasteiger charge is 2.15. The van der Waals surface area contributed by atoms with E-state index in [1.54, 1.807) is 0 Å². The third-order valence-corrected chi connectivity index (χ3v) is 3.40. The first-order valence-electron chi connectivity index (χ1n) is 5.37. The van der Waals surface area contributed by atoms with Gasteiger partial charge in [0.25, 0.3) is 0 Å². The molecule has 0 saturated heterocycles. The molecule has 4 heteroatoms. The van der Waals surface area contributed by atoms with Crippen LogP contribution in [0.1, 0.15) is 26.3 Å². The van der Waals surface area contributed by atoms with E-state index in [-0.39, 0.29) is 22.5 Å². The predicted molar refractivity (Wildman–Crippen MR) is 67.3 cm³/mol. The molecule has 1 aromatic rings. The van der Waals surface area contributed by atoms with Crippen molar-refractivity contribution in [2.24, 2.45) is 0 Å². The summed E-state index contributed by atoms with van der Waals surface area (Å²) in [4.78, 5) is 11.6. The molecule has 0 amide bonds. The lowest BCUT2D eigenvalue weighted by Gasteiger charge is -2.16. The molecule has 0 N–H and O–H groups in total. The van der Waals surface area contributed by atoms with E-state index in [9.17, 15) is 13.6 Å². The van der Waals surface area contributed by atoms with Crippen molar-refractivity contribution in [1.29, 1.82) is 0 Å². The van der Waals surface area contributed by atoms with E-state index in [0.29, 0.717) is 5.75 Å². The first-order valence-corrected chi connectivity index (χ1v) is 6.36. The van der Waals surface area contributed by atoms with E-state index in [4.69, 9.17) is 0 Å². The summed E-state index contributed by atoms with van der Waals surface area (Å²) in [5.41, 5.74) is 0.255. The molecule has 1 rings (SSSR count). The maximum atomic E-state index is 13.3. The number of halogens is 2. The van der Waals surface area contributed by atoms with E-state index in [1.807, 2.05) is 20.8 Å². The van der Waals surface area contributed by atoms with Gasteiger partial charge in [-0.05, 0) is 11.6 Å². The first-order chi connectivity index (χ1) is 7.78. The summed E-state index contributed by atoms with van der Waals surface area (Å²) in [5, 5.41) is 0. The highest BCUT2D eigenvalue weighted by molar-refractivity contribution is 8.01. The van der Waals surface area contributed by atoms with Crippen molar-refractivity contribution in [2.45, 2.75) is 31.9 Å². The summed E-state index contributed by atoms with van der Waals surface area (Å²) in [5.74, 6) is -0.974. The molecule has 0 heterocycles. The van der Waals surface area contributed by atoms with Crippen LogP contribution in [0.15, 0.2) is 18.2 Å². The van der Waals surface area contributed by atoms with E-state index < -0.39 is 11.6 Å². The van der Waals surface area contributed by atoms with Gasteiger partial charge in [0.05, 0.1) is 5.75 Å². The number of benzene rings is 1. The second-order valence-corrected chi connectivity index (χ2v) is 6.65. The molecule has 0 spiro atoms. The predicted octanol–water partition coefficient (Wildman–Crippen LogP) is 3.61. The quantitative estimate of drug-likeness (QED) is 0.820. The average Bonchev–Trinajstić information content (AvgIpc) is 2.18. The molecular weight excluding hydrogens is 242 g/mol. The molecule has 0 saturated carbocycles. The SMILES string of the molecule is CC(C)(C)SCC(=O)Cc1ccc(F)cc1F. The van der Waals surface area contributed by atoms with Crippen LogP contribution in [0.2, 0.25) is 0 Å². The van der Waals surface area contributed by atoms with Crippen LogP contribution in [-0.4, -0.2) is 16.3 Å². The number of ketones is 1. The summed E-state index contributed by atoms with van der Waals surface area (Å²) in [6, 6.07) is 3.30. The molecule has 94 valence electrons.